The maximum absolute atomic E-state index is 12.5. The number of hydrogen-bond acceptors (Lipinski definition) is 4. The van der Waals surface area contributed by atoms with E-state index >= 15 is 0 Å². The Morgan fingerprint density at radius 3 is 2.71 bits per heavy atom. The highest BCUT2D eigenvalue weighted by molar-refractivity contribution is 5.85. The molecular weight excluding hydrogens is 270 g/mol. The fraction of sp³-hybridized carbons (Fsp3) is 0.500. The number of carbonyl (C=O) groups excluding carboxylic acids is 2. The first-order chi connectivity index (χ1) is 10.2. The number of ether oxygens (including phenoxy) is 2. The third-order valence-electron chi connectivity index (χ3n) is 3.36. The lowest BCUT2D eigenvalue weighted by Crippen LogP contribution is -2.41. The smallest absolute Gasteiger partial charge is 0.325 e. The van der Waals surface area contributed by atoms with Gasteiger partial charge in [0.25, 0.3) is 5.91 Å². The maximum atomic E-state index is 12.5. The van der Waals surface area contributed by atoms with Gasteiger partial charge in [0.05, 0.1) is 6.61 Å². The molecule has 21 heavy (non-hydrogen) atoms. The molecule has 1 aromatic carbocycles. The molecule has 2 rings (SSSR count). The molecule has 0 radical (unpaired) electrons. The fourth-order valence-electron chi connectivity index (χ4n) is 2.35. The van der Waals surface area contributed by atoms with Crippen LogP contribution in [0.1, 0.15) is 25.3 Å². The van der Waals surface area contributed by atoms with Gasteiger partial charge in [-0.2, -0.15) is 0 Å². The van der Waals surface area contributed by atoms with Crippen molar-refractivity contribution in [3.05, 3.63) is 35.9 Å². The zero-order chi connectivity index (χ0) is 15.1. The number of carbonyl (C=O) groups is 2. The molecule has 114 valence electrons. The Morgan fingerprint density at radius 1 is 1.33 bits per heavy atom. The fourth-order valence-corrected chi connectivity index (χ4v) is 2.35. The van der Waals surface area contributed by atoms with E-state index in [1.54, 1.807) is 6.92 Å². The second-order valence-corrected chi connectivity index (χ2v) is 4.99. The van der Waals surface area contributed by atoms with Gasteiger partial charge in [-0.25, -0.2) is 0 Å². The normalized spacial score (nSPS) is 17.5. The van der Waals surface area contributed by atoms with Crippen LogP contribution in [0.15, 0.2) is 30.3 Å². The van der Waals surface area contributed by atoms with Crippen molar-refractivity contribution < 1.29 is 19.1 Å². The Balaban J connectivity index is 2.05. The lowest BCUT2D eigenvalue weighted by atomic mass is 10.1. The predicted molar refractivity (Wildman–Crippen MR) is 77.5 cm³/mol. The minimum atomic E-state index is -0.428. The van der Waals surface area contributed by atoms with Crippen LogP contribution >= 0.6 is 0 Å². The number of nitrogens with zero attached hydrogens (tertiary/aromatic N) is 1. The van der Waals surface area contributed by atoms with Gasteiger partial charge in [-0.15, -0.1) is 0 Å². The van der Waals surface area contributed by atoms with E-state index in [0.717, 1.165) is 12.0 Å². The van der Waals surface area contributed by atoms with Crippen LogP contribution < -0.4 is 0 Å². The molecular formula is C16H21NO4. The highest BCUT2D eigenvalue weighted by Gasteiger charge is 2.29. The second-order valence-electron chi connectivity index (χ2n) is 4.99. The molecule has 1 aliphatic heterocycles. The molecule has 1 unspecified atom stereocenters. The standard InChI is InChI=1S/C16H21NO4/c1-2-20-15(18)12-17(11-13-7-4-3-5-8-13)16(19)14-9-6-10-21-14/h3-5,7-8,14H,2,6,9-12H2,1H3. The summed E-state index contributed by atoms with van der Waals surface area (Å²) in [6, 6.07) is 9.60. The third-order valence-corrected chi connectivity index (χ3v) is 3.36. The van der Waals surface area contributed by atoms with Gasteiger partial charge in [0.2, 0.25) is 0 Å². The molecule has 0 aromatic heterocycles. The van der Waals surface area contributed by atoms with Gasteiger partial charge < -0.3 is 14.4 Å². The van der Waals surface area contributed by atoms with Gasteiger partial charge in [0, 0.05) is 13.2 Å². The average Bonchev–Trinajstić information content (AvgIpc) is 3.01. The summed E-state index contributed by atoms with van der Waals surface area (Å²) < 4.78 is 10.4. The summed E-state index contributed by atoms with van der Waals surface area (Å²) in [6.07, 6.45) is 1.17. The van der Waals surface area contributed by atoms with Crippen LogP contribution in [0.25, 0.3) is 0 Å². The first-order valence-electron chi connectivity index (χ1n) is 7.30. The predicted octanol–water partition coefficient (Wildman–Crippen LogP) is 1.76. The van der Waals surface area contributed by atoms with Crippen molar-refractivity contribution in [3.63, 3.8) is 0 Å². The van der Waals surface area contributed by atoms with E-state index in [4.69, 9.17) is 9.47 Å². The Morgan fingerprint density at radius 2 is 2.10 bits per heavy atom. The molecule has 5 heteroatoms. The van der Waals surface area contributed by atoms with Gasteiger partial charge in [-0.05, 0) is 25.3 Å². The van der Waals surface area contributed by atoms with Crippen molar-refractivity contribution in [3.8, 4) is 0 Å². The number of rotatable bonds is 6. The third kappa shape index (κ3) is 4.56. The van der Waals surface area contributed by atoms with Crippen molar-refractivity contribution in [1.82, 2.24) is 4.90 Å². The number of esters is 1. The van der Waals surface area contributed by atoms with Crippen molar-refractivity contribution in [2.24, 2.45) is 0 Å². The molecule has 0 saturated carbocycles. The maximum Gasteiger partial charge on any atom is 0.325 e. The Labute approximate surface area is 124 Å². The van der Waals surface area contributed by atoms with Crippen LogP contribution in [-0.4, -0.2) is 42.6 Å². The van der Waals surface area contributed by atoms with E-state index in [-0.39, 0.29) is 18.4 Å². The Bertz CT molecular complexity index is 468. The highest BCUT2D eigenvalue weighted by Crippen LogP contribution is 2.16. The summed E-state index contributed by atoms with van der Waals surface area (Å²) in [5.74, 6) is -0.524. The van der Waals surface area contributed by atoms with E-state index < -0.39 is 6.10 Å². The van der Waals surface area contributed by atoms with Crippen LogP contribution in [0.4, 0.5) is 0 Å². The second kappa shape index (κ2) is 7.78. The number of benzene rings is 1. The van der Waals surface area contributed by atoms with Gasteiger partial charge in [-0.3, -0.25) is 9.59 Å². The van der Waals surface area contributed by atoms with Crippen molar-refractivity contribution in [2.45, 2.75) is 32.4 Å². The minimum absolute atomic E-state index is 0.0403. The summed E-state index contributed by atoms with van der Waals surface area (Å²) >= 11 is 0. The highest BCUT2D eigenvalue weighted by atomic mass is 16.5. The molecule has 1 aliphatic rings. The zero-order valence-electron chi connectivity index (χ0n) is 12.3. The molecule has 1 heterocycles. The van der Waals surface area contributed by atoms with E-state index in [1.165, 1.54) is 4.90 Å². The molecule has 0 N–H and O–H groups in total. The van der Waals surface area contributed by atoms with Crippen LogP contribution in [-0.2, 0) is 25.6 Å². The largest absolute Gasteiger partial charge is 0.465 e. The molecule has 0 spiro atoms. The van der Waals surface area contributed by atoms with E-state index in [9.17, 15) is 9.59 Å². The van der Waals surface area contributed by atoms with Gasteiger partial charge in [0.1, 0.15) is 12.6 Å². The van der Waals surface area contributed by atoms with Crippen molar-refractivity contribution in [1.29, 1.82) is 0 Å². The molecule has 1 saturated heterocycles. The molecule has 1 atom stereocenters. The number of hydrogen-bond donors (Lipinski definition) is 0. The van der Waals surface area contributed by atoms with Crippen molar-refractivity contribution in [2.75, 3.05) is 19.8 Å². The lowest BCUT2D eigenvalue weighted by Gasteiger charge is -2.24. The molecule has 1 fully saturated rings. The minimum Gasteiger partial charge on any atom is -0.465 e. The summed E-state index contributed by atoms with van der Waals surface area (Å²) in [5, 5.41) is 0. The van der Waals surface area contributed by atoms with Gasteiger partial charge >= 0.3 is 5.97 Å². The van der Waals surface area contributed by atoms with Crippen LogP contribution in [0, 0.1) is 0 Å². The van der Waals surface area contributed by atoms with Gasteiger partial charge in [0.15, 0.2) is 0 Å². The first-order valence-corrected chi connectivity index (χ1v) is 7.30. The first kappa shape index (κ1) is 15.5. The Hall–Kier alpha value is -1.88. The molecule has 1 amide bonds. The topological polar surface area (TPSA) is 55.8 Å². The Kier molecular flexibility index (Phi) is 5.75. The molecule has 5 nitrogen and oxygen atoms in total. The van der Waals surface area contributed by atoms with Crippen molar-refractivity contribution >= 4 is 11.9 Å². The summed E-state index contributed by atoms with van der Waals surface area (Å²) in [6.45, 7) is 3.02. The summed E-state index contributed by atoms with van der Waals surface area (Å²) in [5.41, 5.74) is 0.980. The van der Waals surface area contributed by atoms with Crippen LogP contribution in [0.3, 0.4) is 0 Å². The molecule has 0 aliphatic carbocycles. The van der Waals surface area contributed by atoms with E-state index in [2.05, 4.69) is 0 Å². The molecule has 1 aromatic rings. The van der Waals surface area contributed by atoms with E-state index in [1.807, 2.05) is 30.3 Å². The lowest BCUT2D eigenvalue weighted by molar-refractivity contribution is -0.152. The molecule has 0 bridgehead atoms. The SMILES string of the molecule is CCOC(=O)CN(Cc1ccccc1)C(=O)C1CCCO1. The number of amides is 1. The van der Waals surface area contributed by atoms with Crippen LogP contribution in [0.5, 0.6) is 0 Å². The van der Waals surface area contributed by atoms with Crippen LogP contribution in [0.2, 0.25) is 0 Å². The quantitative estimate of drug-likeness (QED) is 0.749. The van der Waals surface area contributed by atoms with E-state index in [0.29, 0.717) is 26.2 Å². The summed E-state index contributed by atoms with van der Waals surface area (Å²) in [7, 11) is 0. The summed E-state index contributed by atoms with van der Waals surface area (Å²) in [4.78, 5) is 25.7. The zero-order valence-corrected chi connectivity index (χ0v) is 12.3. The van der Waals surface area contributed by atoms with Gasteiger partial charge in [-0.1, -0.05) is 30.3 Å². The average molecular weight is 291 g/mol. The monoisotopic (exact) mass is 291 g/mol.